The fourth-order valence-corrected chi connectivity index (χ4v) is 3.80. The van der Waals surface area contributed by atoms with Crippen molar-refractivity contribution in [2.24, 2.45) is 0 Å². The van der Waals surface area contributed by atoms with Gasteiger partial charge in [-0.05, 0) is 24.3 Å². The molecular formula is C21H20ClFN4O2. The monoisotopic (exact) mass is 414 g/mol. The van der Waals surface area contributed by atoms with E-state index < -0.39 is 0 Å². The summed E-state index contributed by atoms with van der Waals surface area (Å²) in [5.74, 6) is -0.438. The van der Waals surface area contributed by atoms with Crippen LogP contribution in [-0.4, -0.2) is 51.4 Å². The maximum absolute atomic E-state index is 14.0. The van der Waals surface area contributed by atoms with Gasteiger partial charge in [-0.3, -0.25) is 19.1 Å². The first kappa shape index (κ1) is 19.5. The zero-order valence-electron chi connectivity index (χ0n) is 15.7. The van der Waals surface area contributed by atoms with Crippen molar-refractivity contribution < 1.29 is 9.18 Å². The Morgan fingerprint density at radius 1 is 1.07 bits per heavy atom. The normalized spacial score (nSPS) is 15.0. The Bertz CT molecular complexity index is 1090. The molecule has 0 unspecified atom stereocenters. The molecule has 1 saturated heterocycles. The van der Waals surface area contributed by atoms with Crippen molar-refractivity contribution in [2.75, 3.05) is 26.2 Å². The minimum absolute atomic E-state index is 0.0268. The van der Waals surface area contributed by atoms with E-state index in [4.69, 9.17) is 11.6 Å². The number of fused-ring (bicyclic) bond motifs is 1. The second kappa shape index (κ2) is 8.31. The summed E-state index contributed by atoms with van der Waals surface area (Å²) in [5, 5.41) is 0.410. The number of carbonyl (C=O) groups excluding carboxylic acids is 1. The lowest BCUT2D eigenvalue weighted by Crippen LogP contribution is -2.49. The summed E-state index contributed by atoms with van der Waals surface area (Å²) >= 11 is 6.11. The van der Waals surface area contributed by atoms with Gasteiger partial charge in [0.25, 0.3) is 5.56 Å². The Morgan fingerprint density at radius 3 is 2.59 bits per heavy atom. The number of para-hydroxylation sites is 2. The van der Waals surface area contributed by atoms with Gasteiger partial charge in [0.05, 0.1) is 17.2 Å². The number of piperazine rings is 1. The topological polar surface area (TPSA) is 58.4 Å². The number of hydrogen-bond acceptors (Lipinski definition) is 4. The van der Waals surface area contributed by atoms with Gasteiger partial charge < -0.3 is 4.90 Å². The zero-order valence-corrected chi connectivity index (χ0v) is 16.5. The molecule has 2 heterocycles. The predicted molar refractivity (Wildman–Crippen MR) is 109 cm³/mol. The largest absolute Gasteiger partial charge is 0.339 e. The molecule has 29 heavy (non-hydrogen) atoms. The molecule has 3 aromatic rings. The number of carbonyl (C=O) groups is 1. The molecule has 1 amide bonds. The van der Waals surface area contributed by atoms with E-state index in [0.717, 1.165) is 0 Å². The smallest absolute Gasteiger partial charge is 0.269 e. The molecule has 4 rings (SSSR count). The van der Waals surface area contributed by atoms with Crippen molar-refractivity contribution in [3.05, 3.63) is 75.4 Å². The number of aromatic nitrogens is 2. The van der Waals surface area contributed by atoms with Crippen molar-refractivity contribution in [2.45, 2.75) is 13.1 Å². The molecule has 0 N–H and O–H groups in total. The Hall–Kier alpha value is -2.77. The molecule has 150 valence electrons. The Kier molecular flexibility index (Phi) is 5.60. The van der Waals surface area contributed by atoms with Gasteiger partial charge in [0.1, 0.15) is 12.4 Å². The predicted octanol–water partition coefficient (Wildman–Crippen LogP) is 2.53. The Morgan fingerprint density at radius 2 is 1.83 bits per heavy atom. The second-order valence-corrected chi connectivity index (χ2v) is 7.44. The summed E-state index contributed by atoms with van der Waals surface area (Å²) in [7, 11) is 0. The van der Waals surface area contributed by atoms with Crippen LogP contribution in [0.5, 0.6) is 0 Å². The molecule has 1 fully saturated rings. The fraction of sp³-hybridized carbons (Fsp3) is 0.286. The van der Waals surface area contributed by atoms with E-state index >= 15 is 0 Å². The quantitative estimate of drug-likeness (QED) is 0.658. The molecule has 6 nitrogen and oxygen atoms in total. The lowest BCUT2D eigenvalue weighted by atomic mass is 10.2. The number of halogens is 2. The highest BCUT2D eigenvalue weighted by atomic mass is 35.5. The SMILES string of the molecule is O=C(Cn1c(=O)cnc2ccccc21)N1CCN(Cc2c(F)cccc2Cl)CC1. The summed E-state index contributed by atoms with van der Waals surface area (Å²) in [5.41, 5.74) is 1.49. The van der Waals surface area contributed by atoms with Crippen LogP contribution in [0.3, 0.4) is 0 Å². The van der Waals surface area contributed by atoms with Crippen LogP contribution in [0, 0.1) is 5.82 Å². The fourth-order valence-electron chi connectivity index (χ4n) is 3.58. The zero-order chi connectivity index (χ0) is 20.4. The molecule has 1 aliphatic heterocycles. The average molecular weight is 415 g/mol. The molecule has 0 spiro atoms. The van der Waals surface area contributed by atoms with E-state index in [1.54, 1.807) is 23.1 Å². The number of hydrogen-bond donors (Lipinski definition) is 0. The lowest BCUT2D eigenvalue weighted by molar-refractivity contribution is -0.133. The van der Waals surface area contributed by atoms with Crippen molar-refractivity contribution in [1.29, 1.82) is 0 Å². The van der Waals surface area contributed by atoms with Crippen LogP contribution in [0.4, 0.5) is 4.39 Å². The molecule has 0 saturated carbocycles. The average Bonchev–Trinajstić information content (AvgIpc) is 2.73. The minimum atomic E-state index is -0.319. The summed E-state index contributed by atoms with van der Waals surface area (Å²) in [6, 6.07) is 11.9. The van der Waals surface area contributed by atoms with Crippen LogP contribution in [0.25, 0.3) is 11.0 Å². The van der Waals surface area contributed by atoms with Crippen LogP contribution in [0.1, 0.15) is 5.56 Å². The van der Waals surface area contributed by atoms with E-state index in [-0.39, 0.29) is 23.8 Å². The van der Waals surface area contributed by atoms with Gasteiger partial charge in [-0.2, -0.15) is 0 Å². The summed E-state index contributed by atoms with van der Waals surface area (Å²) < 4.78 is 15.5. The highest BCUT2D eigenvalue weighted by Gasteiger charge is 2.23. The van der Waals surface area contributed by atoms with Gasteiger partial charge in [0.2, 0.25) is 5.91 Å². The summed E-state index contributed by atoms with van der Waals surface area (Å²) in [4.78, 5) is 33.0. The van der Waals surface area contributed by atoms with E-state index in [9.17, 15) is 14.0 Å². The van der Waals surface area contributed by atoms with Gasteiger partial charge >= 0.3 is 0 Å². The van der Waals surface area contributed by atoms with Crippen LogP contribution >= 0.6 is 11.6 Å². The number of rotatable bonds is 4. The van der Waals surface area contributed by atoms with Gasteiger partial charge in [0.15, 0.2) is 0 Å². The van der Waals surface area contributed by atoms with Crippen molar-refractivity contribution in [3.63, 3.8) is 0 Å². The first-order valence-electron chi connectivity index (χ1n) is 9.40. The third-order valence-corrected chi connectivity index (χ3v) is 5.57. The van der Waals surface area contributed by atoms with Gasteiger partial charge in [-0.1, -0.05) is 29.8 Å². The van der Waals surface area contributed by atoms with Gasteiger partial charge in [-0.25, -0.2) is 9.37 Å². The van der Waals surface area contributed by atoms with E-state index in [1.165, 1.54) is 16.8 Å². The number of nitrogens with zero attached hydrogens (tertiary/aromatic N) is 4. The third kappa shape index (κ3) is 4.16. The summed E-state index contributed by atoms with van der Waals surface area (Å²) in [6.45, 7) is 2.64. The van der Waals surface area contributed by atoms with Crippen LogP contribution < -0.4 is 5.56 Å². The Labute approximate surface area is 172 Å². The summed E-state index contributed by atoms with van der Waals surface area (Å²) in [6.07, 6.45) is 1.24. The van der Waals surface area contributed by atoms with E-state index in [2.05, 4.69) is 9.88 Å². The lowest BCUT2D eigenvalue weighted by Gasteiger charge is -2.35. The van der Waals surface area contributed by atoms with Crippen LogP contribution in [-0.2, 0) is 17.9 Å². The molecule has 0 atom stereocenters. The first-order chi connectivity index (χ1) is 14.0. The molecule has 1 aliphatic rings. The third-order valence-electron chi connectivity index (χ3n) is 5.21. The molecule has 8 heteroatoms. The molecule has 2 aromatic carbocycles. The van der Waals surface area contributed by atoms with E-state index in [1.807, 2.05) is 18.2 Å². The van der Waals surface area contributed by atoms with Gasteiger partial charge in [0, 0.05) is 43.3 Å². The van der Waals surface area contributed by atoms with Crippen molar-refractivity contribution in [3.8, 4) is 0 Å². The molecule has 1 aromatic heterocycles. The highest BCUT2D eigenvalue weighted by Crippen LogP contribution is 2.21. The van der Waals surface area contributed by atoms with Crippen LogP contribution in [0.2, 0.25) is 5.02 Å². The van der Waals surface area contributed by atoms with Gasteiger partial charge in [-0.15, -0.1) is 0 Å². The van der Waals surface area contributed by atoms with Crippen LogP contribution in [0.15, 0.2) is 53.5 Å². The standard InChI is InChI=1S/C21H20ClFN4O2/c22-16-4-3-5-17(23)15(16)13-25-8-10-26(11-9-25)21(29)14-27-19-7-2-1-6-18(19)24-12-20(27)28/h1-7,12H,8-11,13-14H2. The Balaban J connectivity index is 1.41. The highest BCUT2D eigenvalue weighted by molar-refractivity contribution is 6.31. The number of benzene rings is 2. The van der Waals surface area contributed by atoms with E-state index in [0.29, 0.717) is 54.3 Å². The molecule has 0 bridgehead atoms. The van der Waals surface area contributed by atoms with Crippen molar-refractivity contribution >= 4 is 28.5 Å². The first-order valence-corrected chi connectivity index (χ1v) is 9.78. The molecule has 0 radical (unpaired) electrons. The van der Waals surface area contributed by atoms with Crippen molar-refractivity contribution in [1.82, 2.24) is 19.4 Å². The number of amides is 1. The maximum atomic E-state index is 14.0. The second-order valence-electron chi connectivity index (χ2n) is 7.03. The molecular weight excluding hydrogens is 395 g/mol. The molecule has 0 aliphatic carbocycles. The minimum Gasteiger partial charge on any atom is -0.339 e. The maximum Gasteiger partial charge on any atom is 0.269 e.